The Morgan fingerprint density at radius 2 is 1.97 bits per heavy atom. The first-order valence-corrected chi connectivity index (χ1v) is 9.69. The summed E-state index contributed by atoms with van der Waals surface area (Å²) in [6, 6.07) is 4.27. The van der Waals surface area contributed by atoms with Crippen molar-refractivity contribution in [3.05, 3.63) is 46.5 Å². The highest BCUT2D eigenvalue weighted by Gasteiger charge is 2.32. The zero-order chi connectivity index (χ0) is 21.9. The molecule has 0 spiro atoms. The second-order valence-corrected chi connectivity index (χ2v) is 7.69. The van der Waals surface area contributed by atoms with Crippen LogP contribution in [-0.2, 0) is 17.5 Å². The lowest BCUT2D eigenvalue weighted by Gasteiger charge is -2.41. The van der Waals surface area contributed by atoms with Crippen LogP contribution in [0.1, 0.15) is 20.8 Å². The summed E-state index contributed by atoms with van der Waals surface area (Å²) in [4.78, 5) is 18.8. The summed E-state index contributed by atoms with van der Waals surface area (Å²) in [6.45, 7) is -1.74. The molecule has 0 amide bonds. The molecule has 1 saturated heterocycles. The highest BCUT2D eigenvalue weighted by Crippen LogP contribution is 2.30. The van der Waals surface area contributed by atoms with Crippen LogP contribution >= 0.6 is 11.3 Å². The van der Waals surface area contributed by atoms with E-state index >= 15 is 0 Å². The van der Waals surface area contributed by atoms with Gasteiger partial charge in [-0.05, 0) is 17.7 Å². The van der Waals surface area contributed by atoms with Gasteiger partial charge in [-0.25, -0.2) is 9.78 Å². The van der Waals surface area contributed by atoms with Crippen molar-refractivity contribution in [3.8, 4) is 0 Å². The van der Waals surface area contributed by atoms with E-state index in [4.69, 9.17) is 5.11 Å². The molecule has 0 bridgehead atoms. The molecule has 30 heavy (non-hydrogen) atoms. The normalized spacial score (nSPS) is 18.2. The number of carboxylic acids is 1. The number of ether oxygens (including phenoxy) is 1. The molecule has 1 aliphatic rings. The predicted molar refractivity (Wildman–Crippen MR) is 98.9 cm³/mol. The smallest absolute Gasteiger partial charge is 0.416 e. The first-order chi connectivity index (χ1) is 14.1. The van der Waals surface area contributed by atoms with Crippen molar-refractivity contribution in [2.75, 3.05) is 31.1 Å². The van der Waals surface area contributed by atoms with Crippen LogP contribution in [0.2, 0.25) is 0 Å². The number of rotatable bonds is 7. The van der Waals surface area contributed by atoms with Gasteiger partial charge in [0.1, 0.15) is 4.88 Å². The Labute approximate surface area is 172 Å². The summed E-state index contributed by atoms with van der Waals surface area (Å²) >= 11 is 0.942. The van der Waals surface area contributed by atoms with E-state index in [0.29, 0.717) is 36.9 Å². The molecule has 0 radical (unpaired) electrons. The number of carboxylic acid groups (broad SMARTS) is 1. The molecular formula is C18H18F5N3O3S. The number of nitrogens with zero attached hydrogens (tertiary/aromatic N) is 3. The van der Waals surface area contributed by atoms with Gasteiger partial charge in [0.15, 0.2) is 5.13 Å². The summed E-state index contributed by atoms with van der Waals surface area (Å²) in [6.07, 6.45) is -3.20. The van der Waals surface area contributed by atoms with Crippen LogP contribution in [0.5, 0.6) is 0 Å². The molecule has 0 aliphatic carbocycles. The van der Waals surface area contributed by atoms with Crippen LogP contribution in [0.3, 0.4) is 0 Å². The number of hydrogen-bond donors (Lipinski definition) is 1. The van der Waals surface area contributed by atoms with E-state index in [-0.39, 0.29) is 11.5 Å². The third-order valence-corrected chi connectivity index (χ3v) is 5.64. The maximum absolute atomic E-state index is 12.7. The van der Waals surface area contributed by atoms with Gasteiger partial charge in [0.2, 0.25) is 0 Å². The second-order valence-electron chi connectivity index (χ2n) is 6.68. The van der Waals surface area contributed by atoms with E-state index in [1.807, 2.05) is 4.90 Å². The molecule has 1 atom stereocenters. The van der Waals surface area contributed by atoms with Gasteiger partial charge >= 0.3 is 18.8 Å². The van der Waals surface area contributed by atoms with Crippen molar-refractivity contribution in [3.63, 3.8) is 0 Å². The minimum absolute atomic E-state index is 0.0331. The number of benzene rings is 1. The number of carbonyl (C=O) groups is 1. The Bertz CT molecular complexity index is 859. The summed E-state index contributed by atoms with van der Waals surface area (Å²) in [5.74, 6) is -1.12. The van der Waals surface area contributed by atoms with E-state index in [1.54, 1.807) is 4.90 Å². The van der Waals surface area contributed by atoms with Gasteiger partial charge in [0, 0.05) is 26.2 Å². The lowest BCUT2D eigenvalue weighted by Crippen LogP contribution is -2.55. The molecule has 1 aliphatic heterocycles. The zero-order valence-corrected chi connectivity index (χ0v) is 16.3. The van der Waals surface area contributed by atoms with Crippen LogP contribution in [-0.4, -0.2) is 59.9 Å². The minimum Gasteiger partial charge on any atom is -0.477 e. The number of piperazine rings is 1. The summed E-state index contributed by atoms with van der Waals surface area (Å²) < 4.78 is 67.7. The number of thiazole rings is 1. The molecule has 12 heteroatoms. The zero-order valence-electron chi connectivity index (χ0n) is 15.5. The third-order valence-electron chi connectivity index (χ3n) is 4.62. The molecule has 3 rings (SSSR count). The van der Waals surface area contributed by atoms with Crippen molar-refractivity contribution >= 4 is 22.4 Å². The SMILES string of the molecule is O=C(O)c1cnc(N2CCN(Cc3ccc(C(F)(F)F)cc3)CC2COC(F)F)s1. The average Bonchev–Trinajstić information content (AvgIpc) is 3.16. The van der Waals surface area contributed by atoms with Gasteiger partial charge in [-0.1, -0.05) is 23.5 Å². The molecule has 2 aromatic rings. The first kappa shape index (κ1) is 22.4. The van der Waals surface area contributed by atoms with Crippen molar-refractivity contribution < 1.29 is 36.6 Å². The molecule has 1 unspecified atom stereocenters. The average molecular weight is 451 g/mol. The lowest BCUT2D eigenvalue weighted by atomic mass is 10.1. The Hall–Kier alpha value is -2.31. The van der Waals surface area contributed by atoms with Gasteiger partial charge in [-0.2, -0.15) is 22.0 Å². The summed E-state index contributed by atoms with van der Waals surface area (Å²) in [7, 11) is 0. The number of hydrogen-bond acceptors (Lipinski definition) is 6. The van der Waals surface area contributed by atoms with Crippen molar-refractivity contribution in [1.29, 1.82) is 0 Å². The van der Waals surface area contributed by atoms with Gasteiger partial charge < -0.3 is 14.7 Å². The maximum Gasteiger partial charge on any atom is 0.416 e. The largest absolute Gasteiger partial charge is 0.477 e. The molecule has 1 N–H and O–H groups in total. The van der Waals surface area contributed by atoms with Gasteiger partial charge in [-0.15, -0.1) is 0 Å². The van der Waals surface area contributed by atoms with Crippen molar-refractivity contribution in [2.24, 2.45) is 0 Å². The highest BCUT2D eigenvalue weighted by molar-refractivity contribution is 7.17. The van der Waals surface area contributed by atoms with Gasteiger partial charge in [-0.3, -0.25) is 4.90 Å². The minimum atomic E-state index is -4.41. The highest BCUT2D eigenvalue weighted by atomic mass is 32.1. The fourth-order valence-corrected chi connectivity index (χ4v) is 4.05. The Morgan fingerprint density at radius 3 is 2.53 bits per heavy atom. The van der Waals surface area contributed by atoms with Crippen molar-refractivity contribution in [1.82, 2.24) is 9.88 Å². The molecule has 2 heterocycles. The maximum atomic E-state index is 12.7. The van der Waals surface area contributed by atoms with Crippen LogP contribution in [0.4, 0.5) is 27.1 Å². The lowest BCUT2D eigenvalue weighted by molar-refractivity contribution is -0.137. The van der Waals surface area contributed by atoms with E-state index < -0.39 is 30.4 Å². The molecule has 1 aromatic heterocycles. The van der Waals surface area contributed by atoms with Crippen LogP contribution in [0, 0.1) is 0 Å². The van der Waals surface area contributed by atoms with E-state index in [1.165, 1.54) is 18.3 Å². The molecule has 1 aromatic carbocycles. The number of anilines is 1. The molecule has 6 nitrogen and oxygen atoms in total. The third kappa shape index (κ3) is 5.64. The fraction of sp³-hybridized carbons (Fsp3) is 0.444. The first-order valence-electron chi connectivity index (χ1n) is 8.87. The number of aromatic nitrogens is 1. The molecule has 1 fully saturated rings. The van der Waals surface area contributed by atoms with Gasteiger partial charge in [0.25, 0.3) is 0 Å². The topological polar surface area (TPSA) is 65.9 Å². The van der Waals surface area contributed by atoms with Crippen LogP contribution in [0.25, 0.3) is 0 Å². The predicted octanol–water partition coefficient (Wildman–Crippen LogP) is 3.79. The van der Waals surface area contributed by atoms with Gasteiger partial charge in [0.05, 0.1) is 24.4 Å². The fourth-order valence-electron chi connectivity index (χ4n) is 3.20. The molecular weight excluding hydrogens is 433 g/mol. The Balaban J connectivity index is 1.69. The van der Waals surface area contributed by atoms with Crippen molar-refractivity contribution in [2.45, 2.75) is 25.4 Å². The molecule has 164 valence electrons. The monoisotopic (exact) mass is 451 g/mol. The summed E-state index contributed by atoms with van der Waals surface area (Å²) in [5.41, 5.74) is -0.0790. The second kappa shape index (κ2) is 9.23. The van der Waals surface area contributed by atoms with Crippen LogP contribution in [0.15, 0.2) is 30.5 Å². The Morgan fingerprint density at radius 1 is 1.27 bits per heavy atom. The van der Waals surface area contributed by atoms with Crippen LogP contribution < -0.4 is 4.90 Å². The number of halogens is 5. The number of aromatic carboxylic acids is 1. The summed E-state index contributed by atoms with van der Waals surface area (Å²) in [5, 5.41) is 9.46. The standard InChI is InChI=1S/C18H18F5N3O3S/c19-16(20)29-10-13-9-25(8-11-1-3-12(4-2-11)18(21,22)23)5-6-26(13)17-24-7-14(30-17)15(27)28/h1-4,7,13,16H,5-6,8-10H2,(H,27,28). The molecule has 0 saturated carbocycles. The quantitative estimate of drug-likeness (QED) is 0.647. The van der Waals surface area contributed by atoms with E-state index in [9.17, 15) is 26.7 Å². The Kier molecular flexibility index (Phi) is 6.88. The van der Waals surface area contributed by atoms with E-state index in [0.717, 1.165) is 23.5 Å². The van der Waals surface area contributed by atoms with E-state index in [2.05, 4.69) is 9.72 Å². The number of alkyl halides is 5.